The lowest BCUT2D eigenvalue weighted by molar-refractivity contribution is -0.119. The number of amides is 1. The molecule has 33 heavy (non-hydrogen) atoms. The second-order valence-electron chi connectivity index (χ2n) is 7.66. The zero-order chi connectivity index (χ0) is 23.2. The van der Waals surface area contributed by atoms with Gasteiger partial charge in [0.15, 0.2) is 5.71 Å². The van der Waals surface area contributed by atoms with E-state index in [9.17, 15) is 18.0 Å². The van der Waals surface area contributed by atoms with Crippen LogP contribution in [0.5, 0.6) is 0 Å². The van der Waals surface area contributed by atoms with Gasteiger partial charge >= 0.3 is 6.18 Å². The van der Waals surface area contributed by atoms with Crippen molar-refractivity contribution in [2.75, 3.05) is 11.6 Å². The first-order chi connectivity index (χ1) is 15.8. The minimum atomic E-state index is -4.76. The molecule has 1 N–H and O–H groups in total. The Morgan fingerprint density at radius 3 is 2.73 bits per heavy atom. The van der Waals surface area contributed by atoms with Crippen molar-refractivity contribution in [3.8, 4) is 0 Å². The van der Waals surface area contributed by atoms with Gasteiger partial charge in [0.05, 0.1) is 10.2 Å². The minimum Gasteiger partial charge on any atom is -0.361 e. The van der Waals surface area contributed by atoms with E-state index >= 15 is 0 Å². The Hall–Kier alpha value is -3.53. The zero-order valence-electron chi connectivity index (χ0n) is 17.4. The molecule has 3 heterocycles. The van der Waals surface area contributed by atoms with Crippen molar-refractivity contribution < 1.29 is 18.0 Å². The van der Waals surface area contributed by atoms with Gasteiger partial charge in [0, 0.05) is 29.4 Å². The summed E-state index contributed by atoms with van der Waals surface area (Å²) in [7, 11) is 0. The van der Waals surface area contributed by atoms with Crippen LogP contribution in [0.25, 0.3) is 21.1 Å². The van der Waals surface area contributed by atoms with Crippen LogP contribution in [0.1, 0.15) is 12.5 Å². The van der Waals surface area contributed by atoms with E-state index in [-0.39, 0.29) is 17.4 Å². The van der Waals surface area contributed by atoms with Gasteiger partial charge in [0.25, 0.3) is 5.91 Å². The Morgan fingerprint density at radius 1 is 1.18 bits per heavy atom. The van der Waals surface area contributed by atoms with Crippen LogP contribution in [0.3, 0.4) is 0 Å². The van der Waals surface area contributed by atoms with E-state index in [0.29, 0.717) is 11.9 Å². The number of benzene rings is 2. The summed E-state index contributed by atoms with van der Waals surface area (Å²) in [6.07, 6.45) is -2.37. The molecule has 0 saturated heterocycles. The van der Waals surface area contributed by atoms with Crippen molar-refractivity contribution in [2.45, 2.75) is 19.5 Å². The van der Waals surface area contributed by atoms with Gasteiger partial charge in [-0.2, -0.15) is 23.3 Å². The molecule has 5 rings (SSSR count). The highest BCUT2D eigenvalue weighted by Crippen LogP contribution is 2.36. The fourth-order valence-corrected chi connectivity index (χ4v) is 4.84. The summed E-state index contributed by atoms with van der Waals surface area (Å²) in [5.74, 6) is -2.38. The fraction of sp³-hybridized carbons (Fsp3) is 0.217. The number of nitrogens with zero attached hydrogens (tertiary/aromatic N) is 4. The predicted molar refractivity (Wildman–Crippen MR) is 124 cm³/mol. The summed E-state index contributed by atoms with van der Waals surface area (Å²) < 4.78 is 42.1. The number of fused-ring (bicyclic) bond motifs is 2. The summed E-state index contributed by atoms with van der Waals surface area (Å²) in [6.45, 7) is 1.70. The molecule has 0 saturated carbocycles. The van der Waals surface area contributed by atoms with Gasteiger partial charge in [-0.15, -0.1) is 0 Å². The van der Waals surface area contributed by atoms with Gasteiger partial charge < -0.3 is 4.98 Å². The van der Waals surface area contributed by atoms with E-state index in [2.05, 4.69) is 20.1 Å². The van der Waals surface area contributed by atoms with Crippen LogP contribution in [0.15, 0.2) is 64.8 Å². The largest absolute Gasteiger partial charge is 0.432 e. The van der Waals surface area contributed by atoms with Crippen molar-refractivity contribution >= 4 is 54.9 Å². The van der Waals surface area contributed by atoms with Crippen LogP contribution in [0.4, 0.5) is 18.3 Å². The van der Waals surface area contributed by atoms with Crippen LogP contribution < -0.4 is 5.01 Å². The number of aromatic nitrogens is 2. The first kappa shape index (κ1) is 21.3. The molecule has 1 atom stereocenters. The molecule has 0 fully saturated rings. The molecule has 4 aromatic rings. The van der Waals surface area contributed by atoms with Gasteiger partial charge in [-0.1, -0.05) is 41.7 Å². The number of halogens is 3. The van der Waals surface area contributed by atoms with Crippen molar-refractivity contribution in [1.82, 2.24) is 9.97 Å². The molecule has 2 aromatic carbocycles. The van der Waals surface area contributed by atoms with E-state index in [1.54, 1.807) is 24.3 Å². The average molecular weight is 469 g/mol. The smallest absolute Gasteiger partial charge is 0.361 e. The standard InChI is InChI=1S/C23H18F3N5OS/c1-13(27-11-10-14-12-28-16-7-3-2-6-15(14)16)19-20(23(24,25)26)30-31(21(19)32)22-29-17-8-4-5-9-18(17)33-22/h2-9,12,19,28H,10-11H2,1H3. The number of hydrogen-bond acceptors (Lipinski definition) is 5. The van der Waals surface area contributed by atoms with Crippen molar-refractivity contribution in [1.29, 1.82) is 0 Å². The number of nitrogens with one attached hydrogen (secondary N) is 1. The molecule has 1 aliphatic heterocycles. The Bertz CT molecular complexity index is 1390. The third-order valence-corrected chi connectivity index (χ3v) is 6.54. The van der Waals surface area contributed by atoms with E-state index in [4.69, 9.17) is 0 Å². The molecule has 0 bridgehead atoms. The molecule has 0 spiro atoms. The molecule has 10 heteroatoms. The molecular weight excluding hydrogens is 451 g/mol. The van der Waals surface area contributed by atoms with Crippen molar-refractivity contribution in [3.63, 3.8) is 0 Å². The molecule has 2 aromatic heterocycles. The number of aliphatic imine (C=N–C) groups is 1. The maximum absolute atomic E-state index is 13.8. The Morgan fingerprint density at radius 2 is 1.94 bits per heavy atom. The van der Waals surface area contributed by atoms with Crippen LogP contribution in [0, 0.1) is 5.92 Å². The highest BCUT2D eigenvalue weighted by atomic mass is 32.1. The molecule has 1 unspecified atom stereocenters. The quantitative estimate of drug-likeness (QED) is 0.400. The third kappa shape index (κ3) is 3.91. The number of carbonyl (C=O) groups is 1. The van der Waals surface area contributed by atoms with Gasteiger partial charge in [-0.05, 0) is 37.1 Å². The van der Waals surface area contributed by atoms with Gasteiger partial charge in [0.2, 0.25) is 5.13 Å². The summed E-state index contributed by atoms with van der Waals surface area (Å²) in [5, 5.41) is 5.56. The van der Waals surface area contributed by atoms with Gasteiger partial charge in [-0.25, -0.2) is 4.98 Å². The molecule has 6 nitrogen and oxygen atoms in total. The molecular formula is C23H18F3N5OS. The van der Waals surface area contributed by atoms with E-state index in [1.807, 2.05) is 30.5 Å². The normalized spacial score (nSPS) is 17.4. The second-order valence-corrected chi connectivity index (χ2v) is 8.67. The van der Waals surface area contributed by atoms with E-state index < -0.39 is 23.7 Å². The number of thiazole rings is 1. The number of para-hydroxylation sites is 2. The maximum Gasteiger partial charge on any atom is 0.432 e. The Labute approximate surface area is 190 Å². The second kappa shape index (κ2) is 8.11. The number of hydrogen-bond donors (Lipinski definition) is 1. The van der Waals surface area contributed by atoms with Crippen LogP contribution in [0.2, 0.25) is 0 Å². The average Bonchev–Trinajstić information content (AvgIpc) is 3.48. The number of anilines is 1. The van der Waals surface area contributed by atoms with Gasteiger partial charge in [0.1, 0.15) is 5.92 Å². The molecule has 0 radical (unpaired) electrons. The van der Waals surface area contributed by atoms with Crippen LogP contribution >= 0.6 is 11.3 Å². The number of alkyl halides is 3. The topological polar surface area (TPSA) is 73.7 Å². The monoisotopic (exact) mass is 469 g/mol. The summed E-state index contributed by atoms with van der Waals surface area (Å²) in [4.78, 5) is 24.8. The predicted octanol–water partition coefficient (Wildman–Crippen LogP) is 5.36. The Kier molecular flexibility index (Phi) is 5.24. The fourth-order valence-electron chi connectivity index (χ4n) is 3.92. The lowest BCUT2D eigenvalue weighted by Crippen LogP contribution is -2.37. The van der Waals surface area contributed by atoms with Gasteiger partial charge in [-0.3, -0.25) is 9.79 Å². The van der Waals surface area contributed by atoms with Crippen LogP contribution in [-0.2, 0) is 11.2 Å². The van der Waals surface area contributed by atoms with E-state index in [0.717, 1.165) is 37.5 Å². The Balaban J connectivity index is 1.40. The molecule has 168 valence electrons. The SMILES string of the molecule is CC(=NCCc1c[nH]c2ccccc12)C1C(=O)N(c2nc3ccccc3s2)N=C1C(F)(F)F. The number of rotatable bonds is 5. The first-order valence-corrected chi connectivity index (χ1v) is 11.1. The number of aromatic amines is 1. The highest BCUT2D eigenvalue weighted by Gasteiger charge is 2.52. The third-order valence-electron chi connectivity index (χ3n) is 5.53. The van der Waals surface area contributed by atoms with Crippen LogP contribution in [-0.4, -0.2) is 40.0 Å². The number of H-pyrrole nitrogens is 1. The lowest BCUT2D eigenvalue weighted by atomic mass is 9.97. The van der Waals surface area contributed by atoms with Crippen molar-refractivity contribution in [2.24, 2.45) is 16.0 Å². The summed E-state index contributed by atoms with van der Waals surface area (Å²) in [5.41, 5.74) is 1.51. The summed E-state index contributed by atoms with van der Waals surface area (Å²) in [6, 6.07) is 14.9. The lowest BCUT2D eigenvalue weighted by Gasteiger charge is -2.14. The minimum absolute atomic E-state index is 0.0829. The maximum atomic E-state index is 13.8. The molecule has 0 aliphatic carbocycles. The highest BCUT2D eigenvalue weighted by molar-refractivity contribution is 7.22. The number of carbonyl (C=O) groups excluding carboxylic acids is 1. The molecule has 1 aliphatic rings. The zero-order valence-corrected chi connectivity index (χ0v) is 18.2. The number of hydrazone groups is 1. The first-order valence-electron chi connectivity index (χ1n) is 10.2. The summed E-state index contributed by atoms with van der Waals surface area (Å²) >= 11 is 1.12. The van der Waals surface area contributed by atoms with Crippen molar-refractivity contribution in [3.05, 3.63) is 60.3 Å². The van der Waals surface area contributed by atoms with E-state index in [1.165, 1.54) is 6.92 Å². The molecule has 1 amide bonds.